The van der Waals surface area contributed by atoms with Gasteiger partial charge < -0.3 is 15.5 Å². The molecule has 0 radical (unpaired) electrons. The van der Waals surface area contributed by atoms with Crippen LogP contribution in [0.4, 0.5) is 5.69 Å². The fourth-order valence-electron chi connectivity index (χ4n) is 3.76. The van der Waals surface area contributed by atoms with E-state index in [1.807, 2.05) is 11.0 Å². The number of likely N-dealkylation sites (tertiary alicyclic amines) is 1. The molecule has 0 bridgehead atoms. The third kappa shape index (κ3) is 4.35. The number of hydrogen-bond acceptors (Lipinski definition) is 5. The lowest BCUT2D eigenvalue weighted by Gasteiger charge is -2.39. The SMILES string of the molecule is CC1CCCCN1C(=O)CN1CCN(c2cc(Br)cnc2C(N)=O)CC1. The molecule has 1 aromatic rings. The molecule has 0 spiro atoms. The molecule has 0 aromatic carbocycles. The second-order valence-corrected chi connectivity index (χ2v) is 8.00. The van der Waals surface area contributed by atoms with Crippen LogP contribution in [0.1, 0.15) is 36.7 Å². The van der Waals surface area contributed by atoms with Crippen LogP contribution in [0.3, 0.4) is 0 Å². The Kier molecular flexibility index (Phi) is 6.13. The number of piperazine rings is 1. The zero-order valence-corrected chi connectivity index (χ0v) is 16.7. The summed E-state index contributed by atoms with van der Waals surface area (Å²) in [5.74, 6) is -0.295. The Balaban J connectivity index is 1.59. The third-order valence-electron chi connectivity index (χ3n) is 5.26. The number of halogens is 1. The molecule has 2 fully saturated rings. The minimum atomic E-state index is -0.524. The molecule has 2 aliphatic heterocycles. The van der Waals surface area contributed by atoms with Crippen molar-refractivity contribution in [2.24, 2.45) is 5.73 Å². The number of anilines is 1. The maximum absolute atomic E-state index is 12.6. The molecule has 0 saturated carbocycles. The lowest BCUT2D eigenvalue weighted by molar-refractivity contribution is -0.135. The number of rotatable bonds is 4. The minimum absolute atomic E-state index is 0.229. The summed E-state index contributed by atoms with van der Waals surface area (Å²) in [6.07, 6.45) is 5.01. The van der Waals surface area contributed by atoms with E-state index in [1.165, 1.54) is 6.42 Å². The van der Waals surface area contributed by atoms with Gasteiger partial charge in [-0.1, -0.05) is 0 Å². The minimum Gasteiger partial charge on any atom is -0.367 e. The lowest BCUT2D eigenvalue weighted by atomic mass is 10.0. The Morgan fingerprint density at radius 3 is 2.62 bits per heavy atom. The zero-order chi connectivity index (χ0) is 18.7. The van der Waals surface area contributed by atoms with Crippen LogP contribution in [0.25, 0.3) is 0 Å². The summed E-state index contributed by atoms with van der Waals surface area (Å²) in [5, 5.41) is 0. The summed E-state index contributed by atoms with van der Waals surface area (Å²) >= 11 is 3.40. The molecular formula is C18H26BrN5O2. The number of hydrogen-bond donors (Lipinski definition) is 1. The van der Waals surface area contributed by atoms with Crippen molar-refractivity contribution in [3.8, 4) is 0 Å². The first kappa shape index (κ1) is 19.1. The van der Waals surface area contributed by atoms with Gasteiger partial charge in [-0.2, -0.15) is 0 Å². The number of nitrogens with two attached hydrogens (primary N) is 1. The van der Waals surface area contributed by atoms with E-state index in [1.54, 1.807) is 6.20 Å². The van der Waals surface area contributed by atoms with Gasteiger partial charge in [-0.25, -0.2) is 4.98 Å². The molecule has 1 unspecified atom stereocenters. The lowest BCUT2D eigenvalue weighted by Crippen LogP contribution is -2.52. The molecule has 0 aliphatic carbocycles. The molecule has 2 aliphatic rings. The Morgan fingerprint density at radius 1 is 1.23 bits per heavy atom. The van der Waals surface area contributed by atoms with Gasteiger partial charge in [0.05, 0.1) is 12.2 Å². The van der Waals surface area contributed by atoms with Crippen LogP contribution in [0.5, 0.6) is 0 Å². The van der Waals surface area contributed by atoms with Crippen molar-refractivity contribution < 1.29 is 9.59 Å². The predicted molar refractivity (Wildman–Crippen MR) is 104 cm³/mol. The van der Waals surface area contributed by atoms with Crippen molar-refractivity contribution >= 4 is 33.4 Å². The highest BCUT2D eigenvalue weighted by Gasteiger charge is 2.27. The highest BCUT2D eigenvalue weighted by atomic mass is 79.9. The largest absolute Gasteiger partial charge is 0.367 e. The summed E-state index contributed by atoms with van der Waals surface area (Å²) in [7, 11) is 0. The summed E-state index contributed by atoms with van der Waals surface area (Å²) < 4.78 is 0.814. The fraction of sp³-hybridized carbons (Fsp3) is 0.611. The molecule has 8 heteroatoms. The second kappa shape index (κ2) is 8.35. The van der Waals surface area contributed by atoms with E-state index in [0.717, 1.165) is 55.7 Å². The molecule has 26 heavy (non-hydrogen) atoms. The first-order valence-electron chi connectivity index (χ1n) is 9.18. The maximum atomic E-state index is 12.6. The predicted octanol–water partition coefficient (Wildman–Crippen LogP) is 1.47. The summed E-state index contributed by atoms with van der Waals surface area (Å²) in [6.45, 7) is 6.52. The molecule has 3 rings (SSSR count). The average molecular weight is 424 g/mol. The molecule has 3 heterocycles. The van der Waals surface area contributed by atoms with Crippen molar-refractivity contribution in [1.29, 1.82) is 0 Å². The third-order valence-corrected chi connectivity index (χ3v) is 5.70. The maximum Gasteiger partial charge on any atom is 0.269 e. The van der Waals surface area contributed by atoms with Crippen LogP contribution in [0.15, 0.2) is 16.7 Å². The highest BCUT2D eigenvalue weighted by Crippen LogP contribution is 2.24. The molecule has 142 valence electrons. The van der Waals surface area contributed by atoms with Gasteiger partial charge >= 0.3 is 0 Å². The zero-order valence-electron chi connectivity index (χ0n) is 15.2. The van der Waals surface area contributed by atoms with E-state index in [-0.39, 0.29) is 5.91 Å². The Labute approximate surface area is 162 Å². The summed E-state index contributed by atoms with van der Waals surface area (Å²) in [6, 6.07) is 2.23. The topological polar surface area (TPSA) is 82.8 Å². The molecular weight excluding hydrogens is 398 g/mol. The van der Waals surface area contributed by atoms with E-state index in [4.69, 9.17) is 5.73 Å². The Bertz CT molecular complexity index is 676. The van der Waals surface area contributed by atoms with Crippen LogP contribution in [-0.4, -0.2) is 71.9 Å². The Hall–Kier alpha value is -1.67. The average Bonchev–Trinajstić information content (AvgIpc) is 2.62. The quantitative estimate of drug-likeness (QED) is 0.792. The monoisotopic (exact) mass is 423 g/mol. The van der Waals surface area contributed by atoms with E-state index >= 15 is 0 Å². The van der Waals surface area contributed by atoms with Gasteiger partial charge in [-0.05, 0) is 48.2 Å². The van der Waals surface area contributed by atoms with E-state index < -0.39 is 5.91 Å². The Morgan fingerprint density at radius 2 is 1.96 bits per heavy atom. The van der Waals surface area contributed by atoms with Crippen molar-refractivity contribution in [1.82, 2.24) is 14.8 Å². The smallest absolute Gasteiger partial charge is 0.269 e. The van der Waals surface area contributed by atoms with Gasteiger partial charge in [0.25, 0.3) is 5.91 Å². The van der Waals surface area contributed by atoms with Gasteiger partial charge in [0.2, 0.25) is 5.91 Å². The standard InChI is InChI=1S/C18H26BrN5O2/c1-13-4-2-3-5-24(13)16(25)12-22-6-8-23(9-7-22)15-10-14(19)11-21-17(15)18(20)26/h10-11,13H,2-9,12H2,1H3,(H2,20,26). The van der Waals surface area contributed by atoms with Crippen molar-refractivity contribution in [2.45, 2.75) is 32.2 Å². The molecule has 2 N–H and O–H groups in total. The summed E-state index contributed by atoms with van der Waals surface area (Å²) in [4.78, 5) is 34.7. The van der Waals surface area contributed by atoms with Crippen LogP contribution >= 0.6 is 15.9 Å². The van der Waals surface area contributed by atoms with Crippen molar-refractivity contribution in [2.75, 3.05) is 44.2 Å². The van der Waals surface area contributed by atoms with Crippen molar-refractivity contribution in [3.63, 3.8) is 0 Å². The number of piperidine rings is 1. The normalized spacial score (nSPS) is 21.7. The number of aromatic nitrogens is 1. The van der Waals surface area contributed by atoms with E-state index in [2.05, 4.69) is 37.6 Å². The van der Waals surface area contributed by atoms with Gasteiger partial charge in [-0.15, -0.1) is 0 Å². The van der Waals surface area contributed by atoms with E-state index in [0.29, 0.717) is 18.3 Å². The molecule has 1 atom stereocenters. The van der Waals surface area contributed by atoms with Gasteiger partial charge in [0.1, 0.15) is 0 Å². The fourth-order valence-corrected chi connectivity index (χ4v) is 4.08. The van der Waals surface area contributed by atoms with Crippen LogP contribution in [0.2, 0.25) is 0 Å². The van der Waals surface area contributed by atoms with Crippen LogP contribution in [0, 0.1) is 0 Å². The van der Waals surface area contributed by atoms with Crippen LogP contribution < -0.4 is 10.6 Å². The second-order valence-electron chi connectivity index (χ2n) is 7.08. The molecule has 1 aromatic heterocycles. The van der Waals surface area contributed by atoms with Crippen LogP contribution in [-0.2, 0) is 4.79 Å². The molecule has 2 amide bonds. The summed E-state index contributed by atoms with van der Waals surface area (Å²) in [5.41, 5.74) is 6.50. The number of carbonyl (C=O) groups is 2. The molecule has 2 saturated heterocycles. The number of amides is 2. The first-order valence-corrected chi connectivity index (χ1v) is 9.97. The highest BCUT2D eigenvalue weighted by molar-refractivity contribution is 9.10. The van der Waals surface area contributed by atoms with Gasteiger partial charge in [-0.3, -0.25) is 14.5 Å². The van der Waals surface area contributed by atoms with Gasteiger partial charge in [0.15, 0.2) is 5.69 Å². The van der Waals surface area contributed by atoms with Crippen molar-refractivity contribution in [3.05, 3.63) is 22.4 Å². The van der Waals surface area contributed by atoms with E-state index in [9.17, 15) is 9.59 Å². The van der Waals surface area contributed by atoms with Gasteiger partial charge in [0, 0.05) is 49.4 Å². The molecule has 7 nitrogen and oxygen atoms in total. The number of nitrogens with zero attached hydrogens (tertiary/aromatic N) is 4. The number of carbonyl (C=O) groups excluding carboxylic acids is 2. The first-order chi connectivity index (χ1) is 12.5. The number of pyridine rings is 1. The number of primary amides is 1.